The lowest BCUT2D eigenvalue weighted by Gasteiger charge is -2.37. The molecule has 198 valence electrons. The predicted octanol–water partition coefficient (Wildman–Crippen LogP) is 3.85. The van der Waals surface area contributed by atoms with Crippen LogP contribution in [0.3, 0.4) is 0 Å². The predicted molar refractivity (Wildman–Crippen MR) is 138 cm³/mol. The summed E-state index contributed by atoms with van der Waals surface area (Å²) in [5.41, 5.74) is 0.967. The second-order valence-corrected chi connectivity index (χ2v) is 10.7. The van der Waals surface area contributed by atoms with Crippen molar-refractivity contribution in [3.63, 3.8) is 0 Å². The molecule has 1 aromatic rings. The van der Waals surface area contributed by atoms with Gasteiger partial charge in [-0.25, -0.2) is 14.6 Å². The van der Waals surface area contributed by atoms with Crippen LogP contribution in [0.2, 0.25) is 0 Å². The number of hydrogen-bond donors (Lipinski definition) is 3. The van der Waals surface area contributed by atoms with E-state index in [1.165, 1.54) is 39.2 Å². The molecule has 3 rings (SSSR count). The quantitative estimate of drug-likeness (QED) is 0.392. The van der Waals surface area contributed by atoms with E-state index in [9.17, 15) is 9.59 Å². The maximum atomic E-state index is 13.3. The van der Waals surface area contributed by atoms with Gasteiger partial charge < -0.3 is 30.3 Å². The van der Waals surface area contributed by atoms with E-state index >= 15 is 0 Å². The van der Waals surface area contributed by atoms with Crippen molar-refractivity contribution in [1.82, 2.24) is 25.8 Å². The summed E-state index contributed by atoms with van der Waals surface area (Å²) in [6.07, 6.45) is 8.78. The van der Waals surface area contributed by atoms with Gasteiger partial charge in [0.25, 0.3) is 0 Å². The molecule has 9 nitrogen and oxygen atoms in total. The number of nitrogens with one attached hydrogen (secondary N) is 3. The summed E-state index contributed by atoms with van der Waals surface area (Å²) in [5.74, 6) is 0.861. The van der Waals surface area contributed by atoms with Gasteiger partial charge >= 0.3 is 12.1 Å². The van der Waals surface area contributed by atoms with Crippen LogP contribution in [0.25, 0.3) is 0 Å². The van der Waals surface area contributed by atoms with Crippen LogP contribution in [-0.2, 0) is 9.47 Å². The van der Waals surface area contributed by atoms with Crippen molar-refractivity contribution < 1.29 is 19.1 Å². The van der Waals surface area contributed by atoms with Gasteiger partial charge in [-0.1, -0.05) is 32.1 Å². The minimum absolute atomic E-state index is 0.0205. The van der Waals surface area contributed by atoms with Gasteiger partial charge in [0, 0.05) is 49.2 Å². The Morgan fingerprint density at radius 1 is 1.23 bits per heavy atom. The second kappa shape index (κ2) is 14.6. The maximum Gasteiger partial charge on any atom is 0.406 e. The third-order valence-electron chi connectivity index (χ3n) is 7.03. The van der Waals surface area contributed by atoms with E-state index in [0.717, 1.165) is 43.1 Å². The van der Waals surface area contributed by atoms with Crippen molar-refractivity contribution in [1.29, 1.82) is 0 Å². The second-order valence-electron chi connectivity index (χ2n) is 9.83. The number of thiazole rings is 1. The van der Waals surface area contributed by atoms with Gasteiger partial charge in [-0.3, -0.25) is 0 Å². The first-order valence-corrected chi connectivity index (χ1v) is 13.9. The summed E-state index contributed by atoms with van der Waals surface area (Å²) in [4.78, 5) is 31.3. The van der Waals surface area contributed by atoms with Gasteiger partial charge in [-0.05, 0) is 39.2 Å². The standard InChI is InChI=1S/C25H43N5O4S/c1-18-17-35-23(28-18)22(34-13-11-27-25(32)33-3)20-10-7-12-30(16-20)24(31)29-21(15-26-2)14-19-8-5-4-6-9-19/h17,19-22,26H,4-16H2,1-3H3,(H,27,32)(H,29,31). The summed E-state index contributed by atoms with van der Waals surface area (Å²) in [7, 11) is 3.29. The number of rotatable bonds is 11. The summed E-state index contributed by atoms with van der Waals surface area (Å²) >= 11 is 1.59. The first kappa shape index (κ1) is 27.7. The Morgan fingerprint density at radius 3 is 2.71 bits per heavy atom. The van der Waals surface area contributed by atoms with Gasteiger partial charge in [-0.2, -0.15) is 0 Å². The molecule has 0 spiro atoms. The molecule has 0 radical (unpaired) electrons. The first-order chi connectivity index (χ1) is 17.0. The molecule has 1 aliphatic carbocycles. The number of ether oxygens (including phenoxy) is 2. The fourth-order valence-corrected chi connectivity index (χ4v) is 6.23. The van der Waals surface area contributed by atoms with Crippen LogP contribution >= 0.6 is 11.3 Å². The Bertz CT molecular complexity index is 786. The minimum atomic E-state index is -0.472. The molecule has 2 aliphatic rings. The van der Waals surface area contributed by atoms with Gasteiger partial charge in [0.05, 0.1) is 13.7 Å². The molecule has 3 unspecified atom stereocenters. The maximum absolute atomic E-state index is 13.3. The fraction of sp³-hybridized carbons (Fsp3) is 0.800. The van der Waals surface area contributed by atoms with E-state index in [2.05, 4.69) is 25.7 Å². The van der Waals surface area contributed by atoms with Gasteiger partial charge in [-0.15, -0.1) is 11.3 Å². The Labute approximate surface area is 213 Å². The zero-order valence-corrected chi connectivity index (χ0v) is 22.3. The fourth-order valence-electron chi connectivity index (χ4n) is 5.30. The summed E-state index contributed by atoms with van der Waals surface area (Å²) in [5, 5.41) is 12.2. The monoisotopic (exact) mass is 509 g/mol. The Morgan fingerprint density at radius 2 is 2.03 bits per heavy atom. The molecular weight excluding hydrogens is 466 g/mol. The molecule has 1 saturated heterocycles. The van der Waals surface area contributed by atoms with Crippen molar-refractivity contribution >= 4 is 23.5 Å². The van der Waals surface area contributed by atoms with Crippen molar-refractivity contribution in [2.75, 3.05) is 46.9 Å². The van der Waals surface area contributed by atoms with Crippen LogP contribution in [0.5, 0.6) is 0 Å². The number of aromatic nitrogens is 1. The zero-order chi connectivity index (χ0) is 25.0. The van der Waals surface area contributed by atoms with E-state index in [1.54, 1.807) is 11.3 Å². The highest BCUT2D eigenvalue weighted by molar-refractivity contribution is 7.09. The third kappa shape index (κ3) is 8.91. The molecule has 35 heavy (non-hydrogen) atoms. The minimum Gasteiger partial charge on any atom is -0.453 e. The lowest BCUT2D eigenvalue weighted by molar-refractivity contribution is -0.00881. The molecule has 1 aromatic heterocycles. The van der Waals surface area contributed by atoms with Gasteiger partial charge in [0.15, 0.2) is 0 Å². The number of amides is 3. The number of likely N-dealkylation sites (tertiary alicyclic amines) is 1. The number of urea groups is 1. The summed E-state index contributed by atoms with van der Waals surface area (Å²) in [6, 6.07) is 0.168. The largest absolute Gasteiger partial charge is 0.453 e. The average Bonchev–Trinajstić information content (AvgIpc) is 3.30. The highest BCUT2D eigenvalue weighted by Gasteiger charge is 2.33. The molecule has 10 heteroatoms. The molecule has 3 N–H and O–H groups in total. The SMILES string of the molecule is CNCC(CC1CCCCC1)NC(=O)N1CCCC(C(OCCNC(=O)OC)c2nc(C)cs2)C1. The number of aryl methyl sites for hydroxylation is 1. The number of carbonyl (C=O) groups excluding carboxylic acids is 2. The van der Waals surface area contributed by atoms with Crippen LogP contribution in [0.1, 0.15) is 68.2 Å². The molecule has 2 fully saturated rings. The van der Waals surface area contributed by atoms with Crippen LogP contribution in [0, 0.1) is 18.8 Å². The molecule has 0 aromatic carbocycles. The number of nitrogens with zero attached hydrogens (tertiary/aromatic N) is 2. The van der Waals surface area contributed by atoms with Crippen molar-refractivity contribution in [3.05, 3.63) is 16.1 Å². The van der Waals surface area contributed by atoms with Crippen LogP contribution in [0.4, 0.5) is 9.59 Å². The first-order valence-electron chi connectivity index (χ1n) is 13.1. The van der Waals surface area contributed by atoms with Gasteiger partial charge in [0.1, 0.15) is 11.1 Å². The van der Waals surface area contributed by atoms with E-state index in [-0.39, 0.29) is 24.1 Å². The Hall–Kier alpha value is -1.91. The van der Waals surface area contributed by atoms with E-state index in [0.29, 0.717) is 25.6 Å². The molecule has 3 amide bonds. The topological polar surface area (TPSA) is 105 Å². The lowest BCUT2D eigenvalue weighted by atomic mass is 9.85. The Kier molecular flexibility index (Phi) is 11.5. The van der Waals surface area contributed by atoms with Crippen molar-refractivity contribution in [2.24, 2.45) is 11.8 Å². The van der Waals surface area contributed by atoms with Crippen LogP contribution in [-0.4, -0.2) is 75.0 Å². The molecule has 0 bridgehead atoms. The highest BCUT2D eigenvalue weighted by atomic mass is 32.1. The zero-order valence-electron chi connectivity index (χ0n) is 21.5. The van der Waals surface area contributed by atoms with Crippen molar-refractivity contribution in [3.8, 4) is 0 Å². The number of alkyl carbamates (subject to hydrolysis) is 1. The molecule has 2 heterocycles. The van der Waals surface area contributed by atoms with Crippen LogP contribution in [0.15, 0.2) is 5.38 Å². The number of methoxy groups -OCH3 is 1. The number of carbonyl (C=O) groups is 2. The summed E-state index contributed by atoms with van der Waals surface area (Å²) in [6.45, 7) is 4.87. The molecular formula is C25H43N5O4S. The van der Waals surface area contributed by atoms with E-state index in [4.69, 9.17) is 4.74 Å². The molecule has 3 atom stereocenters. The lowest BCUT2D eigenvalue weighted by Crippen LogP contribution is -2.52. The van der Waals surface area contributed by atoms with E-state index in [1.807, 2.05) is 24.3 Å². The third-order valence-corrected chi connectivity index (χ3v) is 8.05. The normalized spacial score (nSPS) is 20.8. The highest BCUT2D eigenvalue weighted by Crippen LogP contribution is 2.34. The Balaban J connectivity index is 1.58. The van der Waals surface area contributed by atoms with E-state index < -0.39 is 6.09 Å². The van der Waals surface area contributed by atoms with Crippen LogP contribution < -0.4 is 16.0 Å². The number of likely N-dealkylation sites (N-methyl/N-ethyl adjacent to an activating group) is 1. The smallest absolute Gasteiger partial charge is 0.406 e. The summed E-state index contributed by atoms with van der Waals surface area (Å²) < 4.78 is 10.9. The van der Waals surface area contributed by atoms with Gasteiger partial charge in [0.2, 0.25) is 0 Å². The number of piperidine rings is 1. The molecule has 1 saturated carbocycles. The number of hydrogen-bond acceptors (Lipinski definition) is 7. The van der Waals surface area contributed by atoms with Crippen molar-refractivity contribution in [2.45, 2.75) is 70.4 Å². The molecule has 1 aliphatic heterocycles. The average molecular weight is 510 g/mol.